The van der Waals surface area contributed by atoms with Crippen molar-refractivity contribution in [1.82, 2.24) is 5.32 Å². The fourth-order valence-electron chi connectivity index (χ4n) is 0.772. The van der Waals surface area contributed by atoms with Crippen molar-refractivity contribution in [3.05, 3.63) is 24.4 Å². The van der Waals surface area contributed by atoms with E-state index in [9.17, 15) is 0 Å². The van der Waals surface area contributed by atoms with Crippen LogP contribution in [-0.4, -0.2) is 19.8 Å². The van der Waals surface area contributed by atoms with E-state index in [4.69, 9.17) is 4.74 Å². The highest BCUT2D eigenvalue weighted by Crippen LogP contribution is 1.93. The quantitative estimate of drug-likeness (QED) is 0.585. The summed E-state index contributed by atoms with van der Waals surface area (Å²) in [5.74, 6) is 0. The molecule has 9 heavy (non-hydrogen) atoms. The largest absolute Gasteiger partial charge is 0.382 e. The summed E-state index contributed by atoms with van der Waals surface area (Å²) < 4.78 is 4.93. The van der Waals surface area contributed by atoms with Crippen molar-refractivity contribution in [1.29, 1.82) is 0 Å². The average Bonchev–Trinajstić information content (AvgIpc) is 1.91. The van der Waals surface area contributed by atoms with Crippen LogP contribution in [0.1, 0.15) is 0 Å². The molecule has 0 amide bonds. The third-order valence-corrected chi connectivity index (χ3v) is 1.21. The Morgan fingerprint density at radius 1 is 1.56 bits per heavy atom. The van der Waals surface area contributed by atoms with Gasteiger partial charge in [0.15, 0.2) is 0 Å². The van der Waals surface area contributed by atoms with Gasteiger partial charge < -0.3 is 10.1 Å². The van der Waals surface area contributed by atoms with Gasteiger partial charge in [-0.3, -0.25) is 0 Å². The summed E-state index contributed by atoms with van der Waals surface area (Å²) in [7, 11) is 1.70. The summed E-state index contributed by atoms with van der Waals surface area (Å²) in [5, 5.41) is 3.13. The summed E-state index contributed by atoms with van der Waals surface area (Å²) in [6.45, 7) is 0.737. The Morgan fingerprint density at radius 2 is 2.44 bits per heavy atom. The van der Waals surface area contributed by atoms with E-state index >= 15 is 0 Å². The van der Waals surface area contributed by atoms with E-state index in [-0.39, 0.29) is 0 Å². The Morgan fingerprint density at radius 3 is 3.00 bits per heavy atom. The van der Waals surface area contributed by atoms with Gasteiger partial charge in [0.25, 0.3) is 0 Å². The molecule has 1 unspecified atom stereocenters. The number of allylic oxidation sites excluding steroid dienone is 2. The molecular formula is C7H11NO. The minimum atomic E-state index is 0.361. The van der Waals surface area contributed by atoms with E-state index in [1.807, 2.05) is 18.4 Å². The lowest BCUT2D eigenvalue weighted by atomic mass is 10.2. The number of nitrogens with one attached hydrogen (secondary N) is 1. The lowest BCUT2D eigenvalue weighted by molar-refractivity contribution is 0.185. The molecule has 50 valence electrons. The minimum absolute atomic E-state index is 0.361. The first kappa shape index (κ1) is 6.36. The van der Waals surface area contributed by atoms with Crippen molar-refractivity contribution in [2.45, 2.75) is 6.04 Å². The van der Waals surface area contributed by atoms with Crippen LogP contribution in [0, 0.1) is 0 Å². The Hall–Kier alpha value is -0.760. The Kier molecular flexibility index (Phi) is 2.33. The predicted molar refractivity (Wildman–Crippen MR) is 37.1 cm³/mol. The molecule has 0 radical (unpaired) electrons. The van der Waals surface area contributed by atoms with Gasteiger partial charge in [0.1, 0.15) is 0 Å². The van der Waals surface area contributed by atoms with Gasteiger partial charge in [0, 0.05) is 7.11 Å². The van der Waals surface area contributed by atoms with Crippen molar-refractivity contribution in [2.75, 3.05) is 13.7 Å². The van der Waals surface area contributed by atoms with Crippen molar-refractivity contribution in [3.63, 3.8) is 0 Å². The van der Waals surface area contributed by atoms with Crippen molar-refractivity contribution in [2.24, 2.45) is 0 Å². The van der Waals surface area contributed by atoms with Gasteiger partial charge in [0.05, 0.1) is 12.6 Å². The van der Waals surface area contributed by atoms with E-state index in [0.717, 1.165) is 6.61 Å². The van der Waals surface area contributed by atoms with Gasteiger partial charge in [-0.2, -0.15) is 0 Å². The van der Waals surface area contributed by atoms with E-state index < -0.39 is 0 Å². The molecule has 0 bridgehead atoms. The van der Waals surface area contributed by atoms with Gasteiger partial charge in [-0.15, -0.1) is 0 Å². The van der Waals surface area contributed by atoms with Crippen LogP contribution < -0.4 is 5.32 Å². The fraction of sp³-hybridized carbons (Fsp3) is 0.429. The maximum atomic E-state index is 4.93. The molecule has 0 aliphatic carbocycles. The second-order valence-electron chi connectivity index (χ2n) is 1.97. The average molecular weight is 125 g/mol. The third-order valence-electron chi connectivity index (χ3n) is 1.21. The van der Waals surface area contributed by atoms with Gasteiger partial charge in [-0.1, -0.05) is 12.2 Å². The molecule has 2 nitrogen and oxygen atoms in total. The zero-order valence-corrected chi connectivity index (χ0v) is 5.50. The van der Waals surface area contributed by atoms with Crippen LogP contribution >= 0.6 is 0 Å². The second kappa shape index (κ2) is 3.30. The van der Waals surface area contributed by atoms with E-state index in [0.29, 0.717) is 6.04 Å². The molecule has 2 heteroatoms. The summed E-state index contributed by atoms with van der Waals surface area (Å²) in [4.78, 5) is 0. The van der Waals surface area contributed by atoms with Crippen LogP contribution in [0.25, 0.3) is 0 Å². The highest BCUT2D eigenvalue weighted by molar-refractivity contribution is 5.11. The van der Waals surface area contributed by atoms with Crippen LogP contribution in [-0.2, 0) is 4.74 Å². The van der Waals surface area contributed by atoms with Crippen LogP contribution in [0.2, 0.25) is 0 Å². The topological polar surface area (TPSA) is 21.3 Å². The molecule has 1 rings (SSSR count). The van der Waals surface area contributed by atoms with Gasteiger partial charge in [-0.25, -0.2) is 0 Å². The van der Waals surface area contributed by atoms with Gasteiger partial charge in [-0.05, 0) is 12.3 Å². The number of hydrogen-bond donors (Lipinski definition) is 1. The summed E-state index contributed by atoms with van der Waals surface area (Å²) >= 11 is 0. The lowest BCUT2D eigenvalue weighted by Crippen LogP contribution is -2.27. The summed E-state index contributed by atoms with van der Waals surface area (Å²) in [5.41, 5.74) is 0. The van der Waals surface area contributed by atoms with Crippen LogP contribution in [0.15, 0.2) is 24.4 Å². The molecule has 0 aromatic rings. The summed E-state index contributed by atoms with van der Waals surface area (Å²) in [6, 6.07) is 0.361. The monoisotopic (exact) mass is 125 g/mol. The maximum Gasteiger partial charge on any atom is 0.0700 e. The van der Waals surface area contributed by atoms with Crippen LogP contribution in [0.5, 0.6) is 0 Å². The summed E-state index contributed by atoms with van der Waals surface area (Å²) in [6.07, 6.45) is 7.97. The van der Waals surface area contributed by atoms with E-state index in [1.165, 1.54) is 0 Å². The zero-order valence-electron chi connectivity index (χ0n) is 5.50. The first-order valence-electron chi connectivity index (χ1n) is 3.02. The highest BCUT2D eigenvalue weighted by atomic mass is 16.5. The number of methoxy groups -OCH3 is 1. The molecule has 0 fully saturated rings. The molecule has 1 heterocycles. The van der Waals surface area contributed by atoms with Crippen LogP contribution in [0.4, 0.5) is 0 Å². The standard InChI is InChI=1S/C7H11NO/c1-9-6-7-4-2-3-5-8-7/h2-5,7-8H,6H2,1H3. The van der Waals surface area contributed by atoms with Crippen molar-refractivity contribution in [3.8, 4) is 0 Å². The molecule has 0 aromatic carbocycles. The van der Waals surface area contributed by atoms with Gasteiger partial charge >= 0.3 is 0 Å². The van der Waals surface area contributed by atoms with Crippen LogP contribution in [0.3, 0.4) is 0 Å². The second-order valence-corrected chi connectivity index (χ2v) is 1.97. The molecular weight excluding hydrogens is 114 g/mol. The number of dihydropyridines is 1. The Labute approximate surface area is 55.2 Å². The molecule has 0 aromatic heterocycles. The molecule has 0 spiro atoms. The number of rotatable bonds is 2. The Bertz CT molecular complexity index is 129. The molecule has 1 N–H and O–H groups in total. The number of hydrogen-bond acceptors (Lipinski definition) is 2. The fourth-order valence-corrected chi connectivity index (χ4v) is 0.772. The SMILES string of the molecule is COCC1C=CC=CN1. The molecule has 1 atom stereocenters. The normalized spacial score (nSPS) is 23.9. The number of ether oxygens (including phenoxy) is 1. The van der Waals surface area contributed by atoms with Gasteiger partial charge in [0.2, 0.25) is 0 Å². The Balaban J connectivity index is 2.28. The maximum absolute atomic E-state index is 4.93. The predicted octanol–water partition coefficient (Wildman–Crippen LogP) is 0.675. The zero-order chi connectivity index (χ0) is 6.53. The molecule has 1 aliphatic rings. The van der Waals surface area contributed by atoms with E-state index in [2.05, 4.69) is 11.4 Å². The first-order chi connectivity index (χ1) is 4.43. The molecule has 0 saturated heterocycles. The smallest absolute Gasteiger partial charge is 0.0700 e. The molecule has 1 aliphatic heterocycles. The van der Waals surface area contributed by atoms with Crippen molar-refractivity contribution < 1.29 is 4.74 Å². The van der Waals surface area contributed by atoms with E-state index in [1.54, 1.807) is 7.11 Å². The minimum Gasteiger partial charge on any atom is -0.382 e. The lowest BCUT2D eigenvalue weighted by Gasteiger charge is -2.13. The first-order valence-corrected chi connectivity index (χ1v) is 3.02. The third kappa shape index (κ3) is 1.90. The molecule has 0 saturated carbocycles. The highest BCUT2D eigenvalue weighted by Gasteiger charge is 2.00. The van der Waals surface area contributed by atoms with Crippen molar-refractivity contribution >= 4 is 0 Å².